The summed E-state index contributed by atoms with van der Waals surface area (Å²) in [5, 5.41) is 18.9. The third kappa shape index (κ3) is 6.10. The maximum absolute atomic E-state index is 14.2. The third-order valence-electron chi connectivity index (χ3n) is 7.09. The van der Waals surface area contributed by atoms with Crippen molar-refractivity contribution in [1.82, 2.24) is 29.2 Å². The van der Waals surface area contributed by atoms with E-state index in [-0.39, 0.29) is 22.5 Å². The van der Waals surface area contributed by atoms with Gasteiger partial charge in [-0.05, 0) is 43.5 Å². The van der Waals surface area contributed by atoms with E-state index in [4.69, 9.17) is 4.74 Å². The van der Waals surface area contributed by atoms with Crippen LogP contribution in [0.1, 0.15) is 29.8 Å². The summed E-state index contributed by atoms with van der Waals surface area (Å²) in [7, 11) is -5.71. The zero-order valence-corrected chi connectivity index (χ0v) is 25.5. The Morgan fingerprint density at radius 3 is 2.63 bits per heavy atom. The average molecular weight is 626 g/mol. The smallest absolute Gasteiger partial charge is 0.365 e. The number of ether oxygens (including phenoxy) is 1. The molecular formula is C25H30F3N7O3S2Si. The number of alkyl halides is 3. The Hall–Kier alpha value is -2.68. The number of imidazole rings is 1. The summed E-state index contributed by atoms with van der Waals surface area (Å²) >= 11 is 0.332. The van der Waals surface area contributed by atoms with Crippen molar-refractivity contribution < 1.29 is 26.3 Å². The number of hydrogen-bond donors (Lipinski definition) is 1. The van der Waals surface area contributed by atoms with Crippen LogP contribution >= 0.6 is 11.3 Å². The first-order valence-corrected chi connectivity index (χ1v) is 19.1. The van der Waals surface area contributed by atoms with Crippen LogP contribution in [0.3, 0.4) is 0 Å². The van der Waals surface area contributed by atoms with Crippen molar-refractivity contribution in [3.05, 3.63) is 35.1 Å². The molecule has 1 N–H and O–H groups in total. The van der Waals surface area contributed by atoms with Gasteiger partial charge in [0.15, 0.2) is 10.8 Å². The second kappa shape index (κ2) is 10.9. The van der Waals surface area contributed by atoms with E-state index in [1.807, 2.05) is 6.08 Å². The standard InChI is InChI=1S/C25H30F3N7O3S2Si/c1-41(2,3)11-10-38-16-35(24(15-29)6-7-24)40(36,37)18-12-19(17-4-8-30-9-5-17)20-13-31-21(34(20)14-18)22-32-33-23(39-22)25(26,27)28/h4,12-14,30H,5-11,16H2,1-3H3. The largest absolute Gasteiger partial charge is 0.445 e. The Labute approximate surface area is 240 Å². The molecule has 0 atom stereocenters. The first kappa shape index (κ1) is 29.8. The highest BCUT2D eigenvalue weighted by atomic mass is 32.2. The molecule has 0 radical (unpaired) electrons. The number of nitrogens with zero attached hydrogens (tertiary/aromatic N) is 6. The number of nitrogens with one attached hydrogen (secondary N) is 1. The minimum absolute atomic E-state index is 0.0418. The van der Waals surface area contributed by atoms with Crippen LogP contribution in [0, 0.1) is 11.3 Å². The molecule has 10 nitrogen and oxygen atoms in total. The molecule has 3 aromatic heterocycles. The Kier molecular flexibility index (Phi) is 7.89. The van der Waals surface area contributed by atoms with Crippen LogP contribution in [0.2, 0.25) is 25.7 Å². The summed E-state index contributed by atoms with van der Waals surface area (Å²) in [6, 6.07) is 4.55. The highest BCUT2D eigenvalue weighted by Crippen LogP contribution is 2.44. The SMILES string of the molecule is C[Si](C)(C)CCOCN(C1(C#N)CC1)S(=O)(=O)c1cc(C2=CCNCC2)c2cnc(-c3nnc(C(F)(F)F)s3)n2c1. The molecule has 2 aliphatic rings. The summed E-state index contributed by atoms with van der Waals surface area (Å²) in [6.45, 7) is 7.92. The maximum atomic E-state index is 14.2. The molecule has 1 aliphatic heterocycles. The lowest BCUT2D eigenvalue weighted by molar-refractivity contribution is -0.138. The van der Waals surface area contributed by atoms with Crippen LogP contribution < -0.4 is 5.32 Å². The van der Waals surface area contributed by atoms with Crippen molar-refractivity contribution in [3.63, 3.8) is 0 Å². The highest BCUT2D eigenvalue weighted by Gasteiger charge is 2.54. The second-order valence-electron chi connectivity index (χ2n) is 11.4. The van der Waals surface area contributed by atoms with Crippen LogP contribution in [-0.4, -0.2) is 72.3 Å². The molecule has 0 spiro atoms. The Morgan fingerprint density at radius 1 is 1.29 bits per heavy atom. The van der Waals surface area contributed by atoms with Gasteiger partial charge in [-0.1, -0.05) is 37.1 Å². The van der Waals surface area contributed by atoms with Gasteiger partial charge in [-0.2, -0.15) is 22.7 Å². The van der Waals surface area contributed by atoms with E-state index in [9.17, 15) is 26.9 Å². The molecule has 0 saturated heterocycles. The fourth-order valence-electron chi connectivity index (χ4n) is 4.53. The summed E-state index contributed by atoms with van der Waals surface area (Å²) in [5.74, 6) is 0.0418. The second-order valence-corrected chi connectivity index (χ2v) is 19.8. The Morgan fingerprint density at radius 2 is 2.05 bits per heavy atom. The Balaban J connectivity index is 1.61. The number of pyridine rings is 1. The molecule has 220 valence electrons. The maximum Gasteiger partial charge on any atom is 0.445 e. The average Bonchev–Trinajstić information content (AvgIpc) is 3.31. The summed E-state index contributed by atoms with van der Waals surface area (Å²) in [5.41, 5.74) is 0.785. The van der Waals surface area contributed by atoms with E-state index in [1.165, 1.54) is 16.8 Å². The van der Waals surface area contributed by atoms with Crippen molar-refractivity contribution >= 4 is 40.5 Å². The molecule has 1 saturated carbocycles. The zero-order chi connectivity index (χ0) is 29.6. The molecule has 16 heteroatoms. The lowest BCUT2D eigenvalue weighted by Crippen LogP contribution is -2.43. The van der Waals surface area contributed by atoms with Crippen LogP contribution in [0.4, 0.5) is 13.2 Å². The van der Waals surface area contributed by atoms with E-state index >= 15 is 0 Å². The van der Waals surface area contributed by atoms with E-state index in [2.05, 4.69) is 46.2 Å². The molecule has 5 rings (SSSR count). The van der Waals surface area contributed by atoms with Crippen LogP contribution in [0.25, 0.3) is 21.9 Å². The predicted molar refractivity (Wildman–Crippen MR) is 150 cm³/mol. The van der Waals surface area contributed by atoms with E-state index < -0.39 is 34.8 Å². The fraction of sp³-hybridized carbons (Fsp3) is 0.520. The molecule has 0 unspecified atom stereocenters. The van der Waals surface area contributed by atoms with E-state index in [1.54, 1.807) is 6.07 Å². The summed E-state index contributed by atoms with van der Waals surface area (Å²) < 4.78 is 76.6. The lowest BCUT2D eigenvalue weighted by atomic mass is 10.0. The molecule has 1 aliphatic carbocycles. The normalized spacial score (nSPS) is 17.6. The molecule has 0 bridgehead atoms. The first-order chi connectivity index (χ1) is 19.2. The number of rotatable bonds is 10. The highest BCUT2D eigenvalue weighted by molar-refractivity contribution is 7.89. The number of halogens is 3. The lowest BCUT2D eigenvalue weighted by Gasteiger charge is -2.27. The summed E-state index contributed by atoms with van der Waals surface area (Å²) in [4.78, 5) is 4.21. The van der Waals surface area contributed by atoms with Gasteiger partial charge in [-0.15, -0.1) is 10.2 Å². The van der Waals surface area contributed by atoms with Gasteiger partial charge in [0.1, 0.15) is 12.3 Å². The van der Waals surface area contributed by atoms with E-state index in [0.717, 1.165) is 15.9 Å². The van der Waals surface area contributed by atoms with Crippen LogP contribution in [0.5, 0.6) is 0 Å². The number of nitriles is 1. The Bertz CT molecular complexity index is 1630. The first-order valence-electron chi connectivity index (χ1n) is 13.1. The van der Waals surface area contributed by atoms with Gasteiger partial charge in [-0.3, -0.25) is 4.40 Å². The topological polar surface area (TPSA) is 126 Å². The molecule has 1 fully saturated rings. The monoisotopic (exact) mass is 625 g/mol. The third-order valence-corrected chi connectivity index (χ3v) is 11.6. The predicted octanol–water partition coefficient (Wildman–Crippen LogP) is 4.61. The number of hydrogen-bond acceptors (Lipinski definition) is 9. The molecular weight excluding hydrogens is 596 g/mol. The van der Waals surface area contributed by atoms with Gasteiger partial charge in [0, 0.05) is 33.0 Å². The minimum Gasteiger partial charge on any atom is -0.365 e. The van der Waals surface area contributed by atoms with Gasteiger partial charge >= 0.3 is 6.18 Å². The van der Waals surface area contributed by atoms with Gasteiger partial charge in [0.05, 0.1) is 22.7 Å². The van der Waals surface area contributed by atoms with E-state index in [0.29, 0.717) is 61.4 Å². The zero-order valence-electron chi connectivity index (χ0n) is 22.8. The molecule has 41 heavy (non-hydrogen) atoms. The van der Waals surface area contributed by atoms with Crippen molar-refractivity contribution in [2.75, 3.05) is 26.4 Å². The fourth-order valence-corrected chi connectivity index (χ4v) is 7.65. The molecule has 3 aromatic rings. The molecule has 0 amide bonds. The number of fused-ring (bicyclic) bond motifs is 1. The van der Waals surface area contributed by atoms with Gasteiger partial charge in [0.2, 0.25) is 15.0 Å². The quantitative estimate of drug-likeness (QED) is 0.197. The molecule has 0 aromatic carbocycles. The van der Waals surface area contributed by atoms with Crippen LogP contribution in [0.15, 0.2) is 29.4 Å². The van der Waals surface area contributed by atoms with Gasteiger partial charge in [-0.25, -0.2) is 13.4 Å². The van der Waals surface area contributed by atoms with Gasteiger partial charge < -0.3 is 10.1 Å². The number of sulfonamides is 1. The minimum atomic E-state index is -4.67. The molecule has 4 heterocycles. The van der Waals surface area contributed by atoms with Crippen molar-refractivity contribution in [3.8, 4) is 16.9 Å². The van der Waals surface area contributed by atoms with Crippen molar-refractivity contribution in [1.29, 1.82) is 5.26 Å². The van der Waals surface area contributed by atoms with Crippen molar-refractivity contribution in [2.45, 2.75) is 61.6 Å². The van der Waals surface area contributed by atoms with Crippen LogP contribution in [-0.2, 0) is 20.9 Å². The summed E-state index contributed by atoms with van der Waals surface area (Å²) in [6.07, 6.45) is 1.48. The number of aromatic nitrogens is 4. The van der Waals surface area contributed by atoms with Gasteiger partial charge in [0.25, 0.3) is 0 Å². The van der Waals surface area contributed by atoms with Crippen molar-refractivity contribution in [2.24, 2.45) is 0 Å².